The molecule has 1 aromatic heterocycles. The lowest BCUT2D eigenvalue weighted by atomic mass is 10.0. The Kier molecular flexibility index (Phi) is 3.76. The molecule has 2 nitrogen and oxygen atoms in total. The van der Waals surface area contributed by atoms with Crippen LogP contribution in [-0.2, 0) is 6.42 Å². The van der Waals surface area contributed by atoms with E-state index in [2.05, 4.69) is 39.2 Å². The highest BCUT2D eigenvalue weighted by molar-refractivity contribution is 9.10. The summed E-state index contributed by atoms with van der Waals surface area (Å²) in [6, 6.07) is 2.97. The molecule has 1 aliphatic rings. The standard InChI is InChI=1S/C12H17BrN2/c1-9(6-15-12-2-3-12)4-10-5-11(13)8-14-7-10/h5,7-9,12,15H,2-4,6H2,1H3. The van der Waals surface area contributed by atoms with Crippen LogP contribution in [0.25, 0.3) is 0 Å². The van der Waals surface area contributed by atoms with Gasteiger partial charge >= 0.3 is 0 Å². The van der Waals surface area contributed by atoms with Crippen LogP contribution in [-0.4, -0.2) is 17.6 Å². The van der Waals surface area contributed by atoms with Crippen LogP contribution in [0.4, 0.5) is 0 Å². The Morgan fingerprint density at radius 1 is 1.53 bits per heavy atom. The summed E-state index contributed by atoms with van der Waals surface area (Å²) in [6.45, 7) is 3.41. The predicted octanol–water partition coefficient (Wildman–Crippen LogP) is 2.77. The third-order valence-electron chi connectivity index (χ3n) is 2.68. The van der Waals surface area contributed by atoms with Crippen molar-refractivity contribution in [3.63, 3.8) is 0 Å². The quantitative estimate of drug-likeness (QED) is 0.889. The van der Waals surface area contributed by atoms with Crippen molar-refractivity contribution in [3.05, 3.63) is 28.5 Å². The van der Waals surface area contributed by atoms with Crippen molar-refractivity contribution in [3.8, 4) is 0 Å². The van der Waals surface area contributed by atoms with Gasteiger partial charge in [0.2, 0.25) is 0 Å². The summed E-state index contributed by atoms with van der Waals surface area (Å²) in [6.07, 6.45) is 7.62. The SMILES string of the molecule is CC(CNC1CC1)Cc1cncc(Br)c1. The molecule has 1 atom stereocenters. The maximum Gasteiger partial charge on any atom is 0.0410 e. The molecule has 0 bridgehead atoms. The number of pyridine rings is 1. The Morgan fingerprint density at radius 3 is 3.00 bits per heavy atom. The summed E-state index contributed by atoms with van der Waals surface area (Å²) in [5.41, 5.74) is 1.31. The third-order valence-corrected chi connectivity index (χ3v) is 3.11. The van der Waals surface area contributed by atoms with Gasteiger partial charge in [-0.25, -0.2) is 0 Å². The Hall–Kier alpha value is -0.410. The van der Waals surface area contributed by atoms with Gasteiger partial charge in [0.25, 0.3) is 0 Å². The molecular formula is C12H17BrN2. The van der Waals surface area contributed by atoms with Crippen LogP contribution < -0.4 is 5.32 Å². The minimum Gasteiger partial charge on any atom is -0.314 e. The van der Waals surface area contributed by atoms with E-state index >= 15 is 0 Å². The summed E-state index contributed by atoms with van der Waals surface area (Å²) in [5.74, 6) is 0.682. The molecule has 0 aromatic carbocycles. The van der Waals surface area contributed by atoms with Crippen molar-refractivity contribution in [1.29, 1.82) is 0 Å². The van der Waals surface area contributed by atoms with Crippen LogP contribution in [0, 0.1) is 5.92 Å². The number of aromatic nitrogens is 1. The summed E-state index contributed by atoms with van der Waals surface area (Å²) >= 11 is 3.45. The van der Waals surface area contributed by atoms with E-state index < -0.39 is 0 Å². The molecule has 0 saturated heterocycles. The highest BCUT2D eigenvalue weighted by Gasteiger charge is 2.20. The van der Waals surface area contributed by atoms with Gasteiger partial charge in [0.05, 0.1) is 0 Å². The van der Waals surface area contributed by atoms with E-state index in [0.717, 1.165) is 23.5 Å². The van der Waals surface area contributed by atoms with Crippen LogP contribution in [0.5, 0.6) is 0 Å². The van der Waals surface area contributed by atoms with Crippen molar-refractivity contribution in [1.82, 2.24) is 10.3 Å². The predicted molar refractivity (Wildman–Crippen MR) is 65.8 cm³/mol. The molecule has 1 saturated carbocycles. The van der Waals surface area contributed by atoms with E-state index in [1.54, 1.807) is 0 Å². The molecule has 1 aliphatic carbocycles. The summed E-state index contributed by atoms with van der Waals surface area (Å²) < 4.78 is 1.07. The number of halogens is 1. The molecule has 3 heteroatoms. The zero-order valence-corrected chi connectivity index (χ0v) is 10.6. The normalized spacial score (nSPS) is 17.7. The topological polar surface area (TPSA) is 24.9 Å². The number of hydrogen-bond acceptors (Lipinski definition) is 2. The van der Waals surface area contributed by atoms with E-state index in [1.165, 1.54) is 18.4 Å². The smallest absolute Gasteiger partial charge is 0.0410 e. The van der Waals surface area contributed by atoms with E-state index in [-0.39, 0.29) is 0 Å². The van der Waals surface area contributed by atoms with Gasteiger partial charge in [-0.3, -0.25) is 4.98 Å². The van der Waals surface area contributed by atoms with Crippen LogP contribution >= 0.6 is 15.9 Å². The molecule has 2 rings (SSSR count). The van der Waals surface area contributed by atoms with E-state index in [1.807, 2.05) is 12.4 Å². The van der Waals surface area contributed by atoms with Gasteiger partial charge in [-0.2, -0.15) is 0 Å². The van der Waals surface area contributed by atoms with Gasteiger partial charge in [0, 0.05) is 22.9 Å². The van der Waals surface area contributed by atoms with Crippen molar-refractivity contribution in [2.45, 2.75) is 32.2 Å². The fraction of sp³-hybridized carbons (Fsp3) is 0.583. The summed E-state index contributed by atoms with van der Waals surface area (Å²) in [7, 11) is 0. The first kappa shape index (κ1) is 11.1. The van der Waals surface area contributed by atoms with Crippen molar-refractivity contribution < 1.29 is 0 Å². The first-order chi connectivity index (χ1) is 7.24. The van der Waals surface area contributed by atoms with Crippen molar-refractivity contribution >= 4 is 15.9 Å². The molecule has 0 aliphatic heterocycles. The first-order valence-electron chi connectivity index (χ1n) is 5.57. The van der Waals surface area contributed by atoms with Gasteiger partial charge in [0.15, 0.2) is 0 Å². The van der Waals surface area contributed by atoms with Gasteiger partial charge < -0.3 is 5.32 Å². The van der Waals surface area contributed by atoms with E-state index in [4.69, 9.17) is 0 Å². The lowest BCUT2D eigenvalue weighted by molar-refractivity contribution is 0.508. The highest BCUT2D eigenvalue weighted by Crippen LogP contribution is 2.19. The maximum absolute atomic E-state index is 4.18. The van der Waals surface area contributed by atoms with Crippen molar-refractivity contribution in [2.75, 3.05) is 6.54 Å². The zero-order chi connectivity index (χ0) is 10.7. The van der Waals surface area contributed by atoms with E-state index in [9.17, 15) is 0 Å². The molecule has 1 aromatic rings. The molecule has 82 valence electrons. The second-order valence-corrected chi connectivity index (χ2v) is 5.42. The Bertz CT molecular complexity index is 323. The second-order valence-electron chi connectivity index (χ2n) is 4.50. The Labute approximate surface area is 99.6 Å². The minimum absolute atomic E-state index is 0.682. The van der Waals surface area contributed by atoms with Gasteiger partial charge in [-0.05, 0) is 59.3 Å². The highest BCUT2D eigenvalue weighted by atomic mass is 79.9. The largest absolute Gasteiger partial charge is 0.314 e. The number of hydrogen-bond donors (Lipinski definition) is 1. The second kappa shape index (κ2) is 5.08. The van der Waals surface area contributed by atoms with Crippen LogP contribution in [0.2, 0.25) is 0 Å². The molecule has 0 amide bonds. The van der Waals surface area contributed by atoms with Gasteiger partial charge in [-0.15, -0.1) is 0 Å². The first-order valence-corrected chi connectivity index (χ1v) is 6.36. The Morgan fingerprint density at radius 2 is 2.33 bits per heavy atom. The third kappa shape index (κ3) is 3.92. The molecule has 0 radical (unpaired) electrons. The molecular weight excluding hydrogens is 252 g/mol. The maximum atomic E-state index is 4.18. The lowest BCUT2D eigenvalue weighted by Crippen LogP contribution is -2.24. The zero-order valence-electron chi connectivity index (χ0n) is 9.04. The van der Waals surface area contributed by atoms with Crippen LogP contribution in [0.3, 0.4) is 0 Å². The molecule has 1 heterocycles. The lowest BCUT2D eigenvalue weighted by Gasteiger charge is -2.12. The average Bonchev–Trinajstić information content (AvgIpc) is 2.98. The number of rotatable bonds is 5. The number of nitrogens with one attached hydrogen (secondary N) is 1. The van der Waals surface area contributed by atoms with Crippen molar-refractivity contribution in [2.24, 2.45) is 5.92 Å². The number of nitrogens with zero attached hydrogens (tertiary/aromatic N) is 1. The van der Waals surface area contributed by atoms with Crippen LogP contribution in [0.1, 0.15) is 25.3 Å². The average molecular weight is 269 g/mol. The van der Waals surface area contributed by atoms with Gasteiger partial charge in [0.1, 0.15) is 0 Å². The van der Waals surface area contributed by atoms with Gasteiger partial charge in [-0.1, -0.05) is 6.92 Å². The summed E-state index contributed by atoms with van der Waals surface area (Å²) in [4.78, 5) is 4.18. The Balaban J connectivity index is 1.79. The molecule has 1 fully saturated rings. The van der Waals surface area contributed by atoms with E-state index in [0.29, 0.717) is 5.92 Å². The fourth-order valence-corrected chi connectivity index (χ4v) is 2.11. The minimum atomic E-state index is 0.682. The van der Waals surface area contributed by atoms with Crippen LogP contribution in [0.15, 0.2) is 22.9 Å². The molecule has 1 unspecified atom stereocenters. The molecule has 15 heavy (non-hydrogen) atoms. The fourth-order valence-electron chi connectivity index (χ4n) is 1.70. The monoisotopic (exact) mass is 268 g/mol. The molecule has 0 spiro atoms. The molecule has 1 N–H and O–H groups in total. The summed E-state index contributed by atoms with van der Waals surface area (Å²) in [5, 5.41) is 3.56.